The fourth-order valence-corrected chi connectivity index (χ4v) is 3.57. The van der Waals surface area contributed by atoms with Crippen LogP contribution in [0.2, 0.25) is 0 Å². The first-order valence-corrected chi connectivity index (χ1v) is 11.4. The van der Waals surface area contributed by atoms with Crippen molar-refractivity contribution in [3.05, 3.63) is 29.8 Å². The van der Waals surface area contributed by atoms with Gasteiger partial charge in [-0.2, -0.15) is 0 Å². The largest absolute Gasteiger partial charge is 0.496 e. The van der Waals surface area contributed by atoms with E-state index in [1.165, 1.54) is 16.9 Å². The maximum absolute atomic E-state index is 12.7. The molecule has 0 unspecified atom stereocenters. The molecule has 5 N–H and O–H groups in total. The van der Waals surface area contributed by atoms with Crippen LogP contribution in [0.4, 0.5) is 0 Å². The first-order chi connectivity index (χ1) is 17.5. The Morgan fingerprint density at radius 3 is 1.68 bits per heavy atom. The Labute approximate surface area is 214 Å². The number of aliphatic carboxylic acids is 4. The lowest BCUT2D eigenvalue weighted by Gasteiger charge is -2.27. The summed E-state index contributed by atoms with van der Waals surface area (Å²) in [6.07, 6.45) is 0.318. The minimum Gasteiger partial charge on any atom is -0.496 e. The summed E-state index contributed by atoms with van der Waals surface area (Å²) in [7, 11) is 1.51. The van der Waals surface area contributed by atoms with E-state index >= 15 is 0 Å². The van der Waals surface area contributed by atoms with Crippen molar-refractivity contribution in [2.45, 2.75) is 13.0 Å². The Morgan fingerprint density at radius 1 is 0.703 bits per heavy atom. The summed E-state index contributed by atoms with van der Waals surface area (Å²) >= 11 is 0. The van der Waals surface area contributed by atoms with E-state index in [-0.39, 0.29) is 45.2 Å². The molecule has 0 aliphatic rings. The number of benzene rings is 1. The molecular formula is C23H34N4O10. The predicted molar refractivity (Wildman–Crippen MR) is 129 cm³/mol. The molecule has 1 aromatic carbocycles. The summed E-state index contributed by atoms with van der Waals surface area (Å²) in [6, 6.07) is 7.15. The van der Waals surface area contributed by atoms with Gasteiger partial charge in [0.1, 0.15) is 5.75 Å². The highest BCUT2D eigenvalue weighted by molar-refractivity contribution is 5.78. The number of carbonyl (C=O) groups is 5. The number of hydrogen-bond acceptors (Lipinski definition) is 9. The second kappa shape index (κ2) is 16.8. The topological polar surface area (TPSA) is 197 Å². The average Bonchev–Trinajstić information content (AvgIpc) is 2.79. The molecule has 0 spiro atoms. The Balaban J connectivity index is 2.82. The van der Waals surface area contributed by atoms with Crippen LogP contribution in [-0.4, -0.2) is 131 Å². The van der Waals surface area contributed by atoms with E-state index in [1.807, 2.05) is 0 Å². The van der Waals surface area contributed by atoms with Gasteiger partial charge in [-0.05, 0) is 19.0 Å². The van der Waals surface area contributed by atoms with Crippen molar-refractivity contribution >= 4 is 29.8 Å². The predicted octanol–water partition coefficient (Wildman–Crippen LogP) is -1.05. The Hall–Kier alpha value is -3.75. The number of rotatable bonds is 20. The number of carbonyl (C=O) groups excluding carboxylic acids is 1. The minimum absolute atomic E-state index is 0.0480. The third-order valence-electron chi connectivity index (χ3n) is 5.15. The van der Waals surface area contributed by atoms with Gasteiger partial charge in [0.2, 0.25) is 5.91 Å². The molecule has 1 rings (SSSR count). The van der Waals surface area contributed by atoms with Crippen molar-refractivity contribution in [1.82, 2.24) is 20.0 Å². The smallest absolute Gasteiger partial charge is 0.317 e. The van der Waals surface area contributed by atoms with Crippen LogP contribution in [0.3, 0.4) is 0 Å². The van der Waals surface area contributed by atoms with Crippen molar-refractivity contribution in [2.24, 2.45) is 0 Å². The van der Waals surface area contributed by atoms with Crippen molar-refractivity contribution in [3.63, 3.8) is 0 Å². The number of nitrogens with one attached hydrogen (secondary N) is 1. The van der Waals surface area contributed by atoms with Crippen LogP contribution >= 0.6 is 0 Å². The summed E-state index contributed by atoms with van der Waals surface area (Å²) in [5, 5.41) is 38.9. The zero-order valence-corrected chi connectivity index (χ0v) is 20.7. The first kappa shape index (κ1) is 31.3. The highest BCUT2D eigenvalue weighted by Crippen LogP contribution is 2.16. The summed E-state index contributed by atoms with van der Waals surface area (Å²) in [4.78, 5) is 61.0. The molecule has 0 aliphatic heterocycles. The van der Waals surface area contributed by atoms with Crippen LogP contribution < -0.4 is 10.1 Å². The Morgan fingerprint density at radius 2 is 1.16 bits per heavy atom. The quantitative estimate of drug-likeness (QED) is 0.138. The third kappa shape index (κ3) is 14.4. The van der Waals surface area contributed by atoms with Gasteiger partial charge in [-0.15, -0.1) is 0 Å². The fourth-order valence-electron chi connectivity index (χ4n) is 3.57. The van der Waals surface area contributed by atoms with Crippen LogP contribution in [0.5, 0.6) is 5.75 Å². The molecule has 1 aromatic rings. The summed E-state index contributed by atoms with van der Waals surface area (Å²) in [5.41, 5.74) is 0.761. The maximum atomic E-state index is 12.7. The van der Waals surface area contributed by atoms with E-state index in [2.05, 4.69) is 5.32 Å². The van der Waals surface area contributed by atoms with E-state index in [4.69, 9.17) is 25.2 Å². The molecule has 0 aliphatic carbocycles. The van der Waals surface area contributed by atoms with E-state index in [0.717, 1.165) is 5.56 Å². The van der Waals surface area contributed by atoms with E-state index in [9.17, 15) is 24.0 Å². The van der Waals surface area contributed by atoms with E-state index in [0.29, 0.717) is 12.2 Å². The number of hydrogen-bond donors (Lipinski definition) is 5. The zero-order chi connectivity index (χ0) is 27.8. The number of nitrogens with zero attached hydrogens (tertiary/aromatic N) is 3. The molecule has 0 bridgehead atoms. The third-order valence-corrected chi connectivity index (χ3v) is 5.15. The molecule has 0 saturated carbocycles. The van der Waals surface area contributed by atoms with Gasteiger partial charge in [-0.25, -0.2) is 0 Å². The van der Waals surface area contributed by atoms with Gasteiger partial charge in [0.25, 0.3) is 0 Å². The minimum atomic E-state index is -1.19. The van der Waals surface area contributed by atoms with Crippen molar-refractivity contribution < 1.29 is 49.1 Å². The van der Waals surface area contributed by atoms with Crippen LogP contribution in [0.25, 0.3) is 0 Å². The highest BCUT2D eigenvalue weighted by Gasteiger charge is 2.18. The fraction of sp³-hybridized carbons (Fsp3) is 0.522. The lowest BCUT2D eigenvalue weighted by molar-refractivity contribution is -0.144. The van der Waals surface area contributed by atoms with Crippen molar-refractivity contribution in [2.75, 3.05) is 66.0 Å². The Bertz CT molecular complexity index is 895. The van der Waals surface area contributed by atoms with Gasteiger partial charge in [0.15, 0.2) is 0 Å². The van der Waals surface area contributed by atoms with Gasteiger partial charge in [0, 0.05) is 31.7 Å². The lowest BCUT2D eigenvalue weighted by atomic mass is 10.2. The van der Waals surface area contributed by atoms with Gasteiger partial charge in [0.05, 0.1) is 39.8 Å². The number of amides is 1. The van der Waals surface area contributed by atoms with Gasteiger partial charge in [-0.3, -0.25) is 38.7 Å². The molecule has 0 heterocycles. The second-order valence-corrected chi connectivity index (χ2v) is 8.21. The van der Waals surface area contributed by atoms with E-state index in [1.54, 1.807) is 29.2 Å². The summed E-state index contributed by atoms with van der Waals surface area (Å²) in [5.74, 6) is -4.48. The summed E-state index contributed by atoms with van der Waals surface area (Å²) in [6.45, 7) is -1.22. The molecule has 0 aromatic heterocycles. The average molecular weight is 527 g/mol. The van der Waals surface area contributed by atoms with Crippen LogP contribution in [-0.2, 0) is 30.5 Å². The van der Waals surface area contributed by atoms with Gasteiger partial charge in [-0.1, -0.05) is 18.2 Å². The highest BCUT2D eigenvalue weighted by atomic mass is 16.5. The SMILES string of the molecule is COc1ccccc1CNC(=O)CN(CCCN(CC(=O)O)CC(=O)O)CCN(CC(=O)O)CC(=O)O. The molecule has 206 valence electrons. The van der Waals surface area contributed by atoms with Gasteiger partial charge < -0.3 is 30.5 Å². The van der Waals surface area contributed by atoms with Crippen molar-refractivity contribution in [3.8, 4) is 5.75 Å². The van der Waals surface area contributed by atoms with Crippen molar-refractivity contribution in [1.29, 1.82) is 0 Å². The zero-order valence-electron chi connectivity index (χ0n) is 20.7. The van der Waals surface area contributed by atoms with Crippen LogP contribution in [0.1, 0.15) is 12.0 Å². The maximum Gasteiger partial charge on any atom is 0.317 e. The Kier molecular flexibility index (Phi) is 14.2. The molecule has 14 nitrogen and oxygen atoms in total. The van der Waals surface area contributed by atoms with Crippen LogP contribution in [0.15, 0.2) is 24.3 Å². The first-order valence-electron chi connectivity index (χ1n) is 11.4. The molecule has 0 atom stereocenters. The second-order valence-electron chi connectivity index (χ2n) is 8.21. The number of carboxylic acid groups (broad SMARTS) is 4. The number of carboxylic acids is 4. The molecule has 14 heteroatoms. The standard InChI is InChI=1S/C23H34N4O10/c1-37-18-6-3-2-5-17(18)11-24-19(28)12-25(9-10-27(15-22(33)34)16-23(35)36)7-4-8-26(13-20(29)30)14-21(31)32/h2-3,5-6H,4,7-16H2,1H3,(H,24,28)(H,29,30)(H,31,32)(H,33,34)(H,35,36). The summed E-state index contributed by atoms with van der Waals surface area (Å²) < 4.78 is 5.27. The molecule has 37 heavy (non-hydrogen) atoms. The molecule has 0 radical (unpaired) electrons. The van der Waals surface area contributed by atoms with E-state index < -0.39 is 50.1 Å². The lowest BCUT2D eigenvalue weighted by Crippen LogP contribution is -2.44. The number of ether oxygens (including phenoxy) is 1. The normalized spacial score (nSPS) is 11.0. The molecular weight excluding hydrogens is 492 g/mol. The monoisotopic (exact) mass is 526 g/mol. The van der Waals surface area contributed by atoms with Crippen LogP contribution in [0, 0.1) is 0 Å². The molecule has 0 fully saturated rings. The van der Waals surface area contributed by atoms with Gasteiger partial charge >= 0.3 is 23.9 Å². The molecule has 1 amide bonds. The number of para-hydroxylation sites is 1. The molecule has 0 saturated heterocycles. The number of methoxy groups -OCH3 is 1.